The van der Waals surface area contributed by atoms with Crippen molar-refractivity contribution in [2.75, 3.05) is 12.0 Å². The molecule has 0 atom stereocenters. The van der Waals surface area contributed by atoms with E-state index in [1.807, 2.05) is 48.5 Å². The van der Waals surface area contributed by atoms with Crippen LogP contribution in [0.3, 0.4) is 0 Å². The summed E-state index contributed by atoms with van der Waals surface area (Å²) in [7, 11) is 1.27. The number of fused-ring (bicyclic) bond motifs is 3. The lowest BCUT2D eigenvalue weighted by Gasteiger charge is -2.24. The zero-order valence-electron chi connectivity index (χ0n) is 17.4. The zero-order chi connectivity index (χ0) is 22.2. The molecule has 0 unspecified atom stereocenters. The Kier molecular flexibility index (Phi) is 4.82. The summed E-state index contributed by atoms with van der Waals surface area (Å²) < 4.78 is 7.07. The second-order valence-electron chi connectivity index (χ2n) is 7.56. The average Bonchev–Trinajstić information content (AvgIpc) is 3.02. The quantitative estimate of drug-likeness (QED) is 0.469. The predicted octanol–water partition coefficient (Wildman–Crippen LogP) is 2.75. The van der Waals surface area contributed by atoms with Gasteiger partial charge in [0, 0.05) is 6.20 Å². The van der Waals surface area contributed by atoms with E-state index in [9.17, 15) is 14.4 Å². The van der Waals surface area contributed by atoms with Crippen molar-refractivity contribution in [2.45, 2.75) is 19.4 Å². The number of carbonyl (C=O) groups is 2. The molecule has 0 radical (unpaired) electrons. The third-order valence-electron chi connectivity index (χ3n) is 5.66. The number of para-hydroxylation sites is 2. The first-order chi connectivity index (χ1) is 15.6. The Morgan fingerprint density at radius 1 is 0.938 bits per heavy atom. The van der Waals surface area contributed by atoms with Crippen molar-refractivity contribution in [3.63, 3.8) is 0 Å². The van der Waals surface area contributed by atoms with E-state index in [0.29, 0.717) is 5.65 Å². The molecule has 0 spiro atoms. The Balaban J connectivity index is 1.56. The lowest BCUT2D eigenvalue weighted by Crippen LogP contribution is -2.34. The molecule has 1 aliphatic heterocycles. The van der Waals surface area contributed by atoms with E-state index in [1.165, 1.54) is 23.8 Å². The van der Waals surface area contributed by atoms with E-state index in [4.69, 9.17) is 4.74 Å². The lowest BCUT2D eigenvalue weighted by atomic mass is 10.0. The fourth-order valence-corrected chi connectivity index (χ4v) is 4.11. The molecule has 1 amide bonds. The van der Waals surface area contributed by atoms with Crippen LogP contribution in [0.1, 0.15) is 21.5 Å². The van der Waals surface area contributed by atoms with Gasteiger partial charge in [0.15, 0.2) is 5.65 Å². The molecule has 160 valence electrons. The fourth-order valence-electron chi connectivity index (χ4n) is 4.11. The maximum Gasteiger partial charge on any atom is 0.350 e. The second kappa shape index (κ2) is 7.81. The van der Waals surface area contributed by atoms with E-state index in [0.717, 1.165) is 40.0 Å². The third kappa shape index (κ3) is 3.26. The lowest BCUT2D eigenvalue weighted by molar-refractivity contribution is -0.118. The maximum atomic E-state index is 13.5. The Labute approximate surface area is 183 Å². The summed E-state index contributed by atoms with van der Waals surface area (Å²) in [5.41, 5.74) is 3.83. The summed E-state index contributed by atoms with van der Waals surface area (Å²) in [6.07, 6.45) is 3.01. The number of carbonyl (C=O) groups excluding carboxylic acids is 2. The molecule has 0 bridgehead atoms. The first kappa shape index (κ1) is 19.7. The molecule has 2 aromatic carbocycles. The highest BCUT2D eigenvalue weighted by atomic mass is 16.5. The van der Waals surface area contributed by atoms with Crippen molar-refractivity contribution in [3.05, 3.63) is 94.0 Å². The first-order valence-electron chi connectivity index (χ1n) is 10.2. The number of ether oxygens (including phenoxy) is 1. The van der Waals surface area contributed by atoms with Crippen molar-refractivity contribution in [1.29, 1.82) is 0 Å². The van der Waals surface area contributed by atoms with E-state index in [2.05, 4.69) is 5.10 Å². The van der Waals surface area contributed by atoms with Gasteiger partial charge in [0.2, 0.25) is 0 Å². The average molecular weight is 428 g/mol. The molecule has 0 fully saturated rings. The first-order valence-corrected chi connectivity index (χ1v) is 10.2. The highest BCUT2D eigenvalue weighted by Crippen LogP contribution is 2.36. The number of pyridine rings is 1. The Morgan fingerprint density at radius 2 is 1.56 bits per heavy atom. The standard InChI is InChI=1S/C24H20N4O4/c1-32-23(30)18-12-13-21-25-27(24(31)26(21)14-18)15-22(29)28-19-8-4-2-6-16(19)10-11-17-7-3-5-9-20(17)28/h2-9,12-14H,10-11,15H2,1H3. The highest BCUT2D eigenvalue weighted by molar-refractivity contribution is 6.02. The van der Waals surface area contributed by atoms with Gasteiger partial charge in [-0.25, -0.2) is 18.7 Å². The third-order valence-corrected chi connectivity index (χ3v) is 5.66. The van der Waals surface area contributed by atoms with Crippen LogP contribution in [0.25, 0.3) is 5.65 Å². The van der Waals surface area contributed by atoms with Crippen molar-refractivity contribution in [3.8, 4) is 0 Å². The van der Waals surface area contributed by atoms with Crippen LogP contribution < -0.4 is 10.6 Å². The molecule has 8 heteroatoms. The number of methoxy groups -OCH3 is 1. The normalized spacial score (nSPS) is 12.7. The number of aromatic nitrogens is 3. The number of aryl methyl sites for hydroxylation is 2. The van der Waals surface area contributed by atoms with Crippen LogP contribution in [0.2, 0.25) is 0 Å². The van der Waals surface area contributed by atoms with Crippen LogP contribution in [0.15, 0.2) is 71.7 Å². The van der Waals surface area contributed by atoms with Crippen molar-refractivity contribution >= 4 is 28.9 Å². The van der Waals surface area contributed by atoms with E-state index in [-0.39, 0.29) is 18.0 Å². The number of benzene rings is 2. The molecule has 0 aliphatic carbocycles. The summed E-state index contributed by atoms with van der Waals surface area (Å²) in [6.45, 7) is -0.239. The minimum atomic E-state index is -0.555. The van der Waals surface area contributed by atoms with Crippen molar-refractivity contribution in [2.24, 2.45) is 0 Å². The number of hydrogen-bond acceptors (Lipinski definition) is 5. The molecule has 0 saturated heterocycles. The Bertz CT molecular complexity index is 1370. The molecule has 5 rings (SSSR count). The molecule has 4 aromatic rings. The van der Waals surface area contributed by atoms with Gasteiger partial charge in [0.1, 0.15) is 6.54 Å². The number of anilines is 2. The molecule has 8 nitrogen and oxygen atoms in total. The van der Waals surface area contributed by atoms with Gasteiger partial charge in [0.05, 0.1) is 24.0 Å². The van der Waals surface area contributed by atoms with Gasteiger partial charge in [-0.15, -0.1) is 5.10 Å². The SMILES string of the molecule is COC(=O)c1ccc2nn(CC(=O)N3c4ccccc4CCc4ccccc43)c(=O)n2c1. The fraction of sp³-hybridized carbons (Fsp3) is 0.167. The molecule has 32 heavy (non-hydrogen) atoms. The number of nitrogens with zero attached hydrogens (tertiary/aromatic N) is 4. The molecular weight excluding hydrogens is 408 g/mol. The molecular formula is C24H20N4O4. The van der Waals surface area contributed by atoms with Gasteiger partial charge in [-0.2, -0.15) is 0 Å². The summed E-state index contributed by atoms with van der Waals surface area (Å²) in [6, 6.07) is 18.7. The maximum absolute atomic E-state index is 13.5. The van der Waals surface area contributed by atoms with Crippen molar-refractivity contribution in [1.82, 2.24) is 14.2 Å². The van der Waals surface area contributed by atoms with Crippen LogP contribution in [-0.2, 0) is 28.9 Å². The molecule has 3 heterocycles. The Morgan fingerprint density at radius 3 is 2.19 bits per heavy atom. The van der Waals surface area contributed by atoms with Gasteiger partial charge in [0.25, 0.3) is 5.91 Å². The van der Waals surface area contributed by atoms with Gasteiger partial charge in [-0.05, 0) is 48.2 Å². The number of hydrogen-bond donors (Lipinski definition) is 0. The largest absolute Gasteiger partial charge is 0.465 e. The highest BCUT2D eigenvalue weighted by Gasteiger charge is 2.26. The second-order valence-corrected chi connectivity index (χ2v) is 7.56. The van der Waals surface area contributed by atoms with Gasteiger partial charge >= 0.3 is 11.7 Å². The minimum Gasteiger partial charge on any atom is -0.465 e. The van der Waals surface area contributed by atoms with Crippen LogP contribution in [-0.4, -0.2) is 33.2 Å². The Hall–Kier alpha value is -4.20. The summed E-state index contributed by atoms with van der Waals surface area (Å²) in [5.74, 6) is -0.828. The van der Waals surface area contributed by atoms with E-state index in [1.54, 1.807) is 11.0 Å². The van der Waals surface area contributed by atoms with Crippen LogP contribution in [0.4, 0.5) is 11.4 Å². The van der Waals surface area contributed by atoms with Gasteiger partial charge in [-0.1, -0.05) is 36.4 Å². The van der Waals surface area contributed by atoms with Gasteiger partial charge in [-0.3, -0.25) is 9.69 Å². The van der Waals surface area contributed by atoms with Crippen molar-refractivity contribution < 1.29 is 14.3 Å². The molecule has 1 aliphatic rings. The molecule has 2 aromatic heterocycles. The zero-order valence-corrected chi connectivity index (χ0v) is 17.4. The molecule has 0 saturated carbocycles. The van der Waals surface area contributed by atoms with Crippen LogP contribution in [0, 0.1) is 0 Å². The number of esters is 1. The summed E-state index contributed by atoms with van der Waals surface area (Å²) >= 11 is 0. The predicted molar refractivity (Wildman–Crippen MR) is 118 cm³/mol. The monoisotopic (exact) mass is 428 g/mol. The van der Waals surface area contributed by atoms with E-state index >= 15 is 0 Å². The van der Waals surface area contributed by atoms with E-state index < -0.39 is 11.7 Å². The minimum absolute atomic E-state index is 0.225. The number of amides is 1. The topological polar surface area (TPSA) is 85.9 Å². The number of rotatable bonds is 3. The van der Waals surface area contributed by atoms with Crippen LogP contribution >= 0.6 is 0 Å². The summed E-state index contributed by atoms with van der Waals surface area (Å²) in [4.78, 5) is 39.9. The van der Waals surface area contributed by atoms with Crippen LogP contribution in [0.5, 0.6) is 0 Å². The van der Waals surface area contributed by atoms with Gasteiger partial charge < -0.3 is 4.74 Å². The molecule has 0 N–H and O–H groups in total. The smallest absolute Gasteiger partial charge is 0.350 e. The summed E-state index contributed by atoms with van der Waals surface area (Å²) in [5, 5.41) is 4.28.